The van der Waals surface area contributed by atoms with Gasteiger partial charge in [-0.2, -0.15) is 0 Å². The van der Waals surface area contributed by atoms with E-state index in [9.17, 15) is 4.39 Å². The molecule has 1 saturated carbocycles. The topological polar surface area (TPSA) is 15.3 Å². The Bertz CT molecular complexity index is 451. The molecule has 1 N–H and O–H groups in total. The van der Waals surface area contributed by atoms with E-state index >= 15 is 0 Å². The molecule has 21 heavy (non-hydrogen) atoms. The van der Waals surface area contributed by atoms with Crippen molar-refractivity contribution in [3.63, 3.8) is 0 Å². The summed E-state index contributed by atoms with van der Waals surface area (Å²) in [5.41, 5.74) is 0.876. The summed E-state index contributed by atoms with van der Waals surface area (Å²) in [6.07, 6.45) is 3.77. The van der Waals surface area contributed by atoms with Gasteiger partial charge in [-0.25, -0.2) is 4.39 Å². The minimum absolute atomic E-state index is 0. The van der Waals surface area contributed by atoms with Crippen LogP contribution in [0, 0.1) is 11.7 Å². The van der Waals surface area contributed by atoms with Crippen LogP contribution in [0.3, 0.4) is 0 Å². The van der Waals surface area contributed by atoms with E-state index in [0.717, 1.165) is 31.7 Å². The zero-order valence-corrected chi connectivity index (χ0v) is 15.1. The predicted molar refractivity (Wildman–Crippen MR) is 93.1 cm³/mol. The molecule has 1 aromatic rings. The van der Waals surface area contributed by atoms with Crippen LogP contribution in [0.4, 0.5) is 4.39 Å². The minimum Gasteiger partial charge on any atom is -0.314 e. The van der Waals surface area contributed by atoms with Gasteiger partial charge in [0.2, 0.25) is 0 Å². The van der Waals surface area contributed by atoms with Crippen LogP contribution in [0.5, 0.6) is 0 Å². The van der Waals surface area contributed by atoms with Crippen molar-refractivity contribution >= 4 is 40.7 Å². The molecule has 120 valence electrons. The first-order valence-corrected chi connectivity index (χ1v) is 7.95. The quantitative estimate of drug-likeness (QED) is 0.820. The maximum absolute atomic E-state index is 14.4. The number of benzene rings is 1. The van der Waals surface area contributed by atoms with Gasteiger partial charge in [-0.15, -0.1) is 24.8 Å². The van der Waals surface area contributed by atoms with Gasteiger partial charge in [-0.3, -0.25) is 4.90 Å². The molecule has 1 aromatic carbocycles. The monoisotopic (exact) mass is 398 g/mol. The van der Waals surface area contributed by atoms with Crippen LogP contribution in [-0.2, 0) is 0 Å². The Morgan fingerprint density at radius 2 is 1.86 bits per heavy atom. The van der Waals surface area contributed by atoms with Crippen molar-refractivity contribution in [3.05, 3.63) is 34.1 Å². The maximum Gasteiger partial charge on any atom is 0.142 e. The van der Waals surface area contributed by atoms with E-state index in [1.54, 1.807) is 6.07 Å². The lowest BCUT2D eigenvalue weighted by molar-refractivity contribution is 0.0811. The molecule has 0 bridgehead atoms. The van der Waals surface area contributed by atoms with E-state index < -0.39 is 0 Å². The van der Waals surface area contributed by atoms with Crippen LogP contribution in [0.25, 0.3) is 0 Å². The van der Waals surface area contributed by atoms with Gasteiger partial charge in [-0.1, -0.05) is 18.6 Å². The van der Waals surface area contributed by atoms with Gasteiger partial charge >= 0.3 is 0 Å². The number of piperazine rings is 1. The van der Waals surface area contributed by atoms with Crippen LogP contribution in [0.2, 0.25) is 0 Å². The molecule has 0 radical (unpaired) electrons. The van der Waals surface area contributed by atoms with E-state index in [2.05, 4.69) is 26.1 Å². The minimum atomic E-state index is -0.0714. The normalized spacial score (nSPS) is 20.9. The highest BCUT2D eigenvalue weighted by atomic mass is 79.9. The summed E-state index contributed by atoms with van der Waals surface area (Å²) < 4.78 is 15.0. The molecule has 2 fully saturated rings. The van der Waals surface area contributed by atoms with Crippen molar-refractivity contribution in [1.82, 2.24) is 10.2 Å². The summed E-state index contributed by atoms with van der Waals surface area (Å²) in [4.78, 5) is 2.46. The molecule has 2 aliphatic rings. The molecule has 1 aliphatic carbocycles. The maximum atomic E-state index is 14.4. The first kappa shape index (κ1) is 19.2. The lowest BCUT2D eigenvalue weighted by Crippen LogP contribution is -2.48. The number of hydrogen-bond donors (Lipinski definition) is 1. The Morgan fingerprint density at radius 1 is 1.19 bits per heavy atom. The van der Waals surface area contributed by atoms with E-state index in [4.69, 9.17) is 0 Å². The van der Waals surface area contributed by atoms with Crippen LogP contribution in [0.15, 0.2) is 22.7 Å². The van der Waals surface area contributed by atoms with Gasteiger partial charge in [0.15, 0.2) is 0 Å². The molecule has 1 atom stereocenters. The molecule has 6 heteroatoms. The summed E-state index contributed by atoms with van der Waals surface area (Å²) in [5.74, 6) is 0.555. The Morgan fingerprint density at radius 3 is 2.43 bits per heavy atom. The third kappa shape index (κ3) is 4.11. The van der Waals surface area contributed by atoms with Gasteiger partial charge in [-0.05, 0) is 40.8 Å². The lowest BCUT2D eigenvalue weighted by Gasteiger charge is -2.43. The Labute approximate surface area is 146 Å². The van der Waals surface area contributed by atoms with Crippen LogP contribution >= 0.6 is 40.7 Å². The average Bonchev–Trinajstić information content (AvgIpc) is 2.38. The van der Waals surface area contributed by atoms with E-state index in [1.807, 2.05) is 12.1 Å². The summed E-state index contributed by atoms with van der Waals surface area (Å²) >= 11 is 3.32. The van der Waals surface area contributed by atoms with Crippen molar-refractivity contribution in [2.45, 2.75) is 25.3 Å². The third-order valence-electron chi connectivity index (χ3n) is 4.44. The van der Waals surface area contributed by atoms with E-state index in [-0.39, 0.29) is 36.7 Å². The molecule has 0 unspecified atom stereocenters. The SMILES string of the molecule is Cl.Cl.Fc1c(Br)cccc1[C@H](C1CCC1)N1CCNCC1. The lowest BCUT2D eigenvalue weighted by atomic mass is 9.76. The number of rotatable bonds is 3. The zero-order valence-electron chi connectivity index (χ0n) is 11.9. The molecule has 0 spiro atoms. The molecule has 2 nitrogen and oxygen atoms in total. The highest BCUT2D eigenvalue weighted by Crippen LogP contribution is 2.43. The fourth-order valence-corrected chi connectivity index (χ4v) is 3.60. The van der Waals surface area contributed by atoms with Gasteiger partial charge in [0.05, 0.1) is 4.47 Å². The first-order valence-electron chi connectivity index (χ1n) is 7.16. The average molecular weight is 400 g/mol. The van der Waals surface area contributed by atoms with Gasteiger partial charge in [0, 0.05) is 37.8 Å². The van der Waals surface area contributed by atoms with Crippen molar-refractivity contribution in [2.24, 2.45) is 5.92 Å². The smallest absolute Gasteiger partial charge is 0.142 e. The second-order valence-corrected chi connectivity index (χ2v) is 6.42. The molecule has 3 rings (SSSR count). The molecular weight excluding hydrogens is 378 g/mol. The molecule has 0 amide bonds. The van der Waals surface area contributed by atoms with Crippen molar-refractivity contribution in [2.75, 3.05) is 26.2 Å². The second-order valence-electron chi connectivity index (χ2n) is 5.56. The van der Waals surface area contributed by atoms with Crippen LogP contribution in [-0.4, -0.2) is 31.1 Å². The van der Waals surface area contributed by atoms with Crippen LogP contribution in [0.1, 0.15) is 30.9 Å². The Balaban J connectivity index is 0.00000110. The second kappa shape index (κ2) is 8.68. The Kier molecular flexibility index (Phi) is 7.93. The standard InChI is InChI=1S/C15H20BrFN2.2ClH/c16-13-6-2-5-12(14(13)17)15(11-3-1-4-11)19-9-7-18-8-10-19;;/h2,5-6,11,15,18H,1,3-4,7-10H2;2*1H/t15-;;/m0../s1. The fraction of sp³-hybridized carbons (Fsp3) is 0.600. The van der Waals surface area contributed by atoms with E-state index in [1.165, 1.54) is 19.3 Å². The largest absolute Gasteiger partial charge is 0.314 e. The summed E-state index contributed by atoms with van der Waals surface area (Å²) in [6.45, 7) is 4.07. The van der Waals surface area contributed by atoms with Crippen molar-refractivity contribution < 1.29 is 4.39 Å². The predicted octanol–water partition coefficient (Wildman–Crippen LogP) is 4.18. The number of halogens is 4. The fourth-order valence-electron chi connectivity index (χ4n) is 3.21. The summed E-state index contributed by atoms with van der Waals surface area (Å²) in [7, 11) is 0. The molecule has 1 aliphatic heterocycles. The van der Waals surface area contributed by atoms with Gasteiger partial charge in [0.1, 0.15) is 5.82 Å². The third-order valence-corrected chi connectivity index (χ3v) is 5.05. The summed E-state index contributed by atoms with van der Waals surface area (Å²) in [6, 6.07) is 5.96. The van der Waals surface area contributed by atoms with Crippen LogP contribution < -0.4 is 5.32 Å². The van der Waals surface area contributed by atoms with E-state index in [0.29, 0.717) is 10.4 Å². The highest BCUT2D eigenvalue weighted by molar-refractivity contribution is 9.10. The number of hydrogen-bond acceptors (Lipinski definition) is 2. The van der Waals surface area contributed by atoms with Gasteiger partial charge in [0.25, 0.3) is 0 Å². The molecule has 1 saturated heterocycles. The molecule has 0 aromatic heterocycles. The number of nitrogens with one attached hydrogen (secondary N) is 1. The van der Waals surface area contributed by atoms with Crippen molar-refractivity contribution in [1.29, 1.82) is 0 Å². The molecular formula is C15H22BrCl2FN2. The van der Waals surface area contributed by atoms with Gasteiger partial charge < -0.3 is 5.32 Å². The summed E-state index contributed by atoms with van der Waals surface area (Å²) in [5, 5.41) is 3.38. The molecule has 1 heterocycles. The highest BCUT2D eigenvalue weighted by Gasteiger charge is 2.35. The Hall–Kier alpha value is 0.130. The zero-order chi connectivity index (χ0) is 13.2. The number of nitrogens with zero attached hydrogens (tertiary/aromatic N) is 1. The first-order chi connectivity index (χ1) is 9.27. The van der Waals surface area contributed by atoms with Crippen molar-refractivity contribution in [3.8, 4) is 0 Å².